The van der Waals surface area contributed by atoms with E-state index in [0.29, 0.717) is 17.0 Å². The minimum atomic E-state index is -0.977. The van der Waals surface area contributed by atoms with Gasteiger partial charge in [0.25, 0.3) is 5.91 Å². The standard InChI is InChI=1S/C22H26N8O4/c1-30(11-19(31)28-17(20(23)32)7-15-9-24-12-26-15)22(34)18(8-16-10-25-13-27-16)29-21(33)14-5-3-2-4-6-14/h2-6,9-10,12-13,17-18H,7-8,11H2,1H3,(H2,23,32)(H,24,26)(H,25,27)(H,28,31)(H,29,33)/t17-,18-/m0/s1. The number of aromatic amines is 2. The molecule has 2 atom stereocenters. The van der Waals surface area contributed by atoms with Gasteiger partial charge in [0.1, 0.15) is 12.1 Å². The Morgan fingerprint density at radius 3 is 2.06 bits per heavy atom. The molecule has 1 aromatic carbocycles. The average Bonchev–Trinajstić information content (AvgIpc) is 3.52. The summed E-state index contributed by atoms with van der Waals surface area (Å²) >= 11 is 0. The van der Waals surface area contributed by atoms with Gasteiger partial charge >= 0.3 is 0 Å². The van der Waals surface area contributed by atoms with E-state index in [4.69, 9.17) is 5.73 Å². The topological polar surface area (TPSA) is 179 Å². The Morgan fingerprint density at radius 2 is 1.53 bits per heavy atom. The van der Waals surface area contributed by atoms with Gasteiger partial charge in [-0.1, -0.05) is 18.2 Å². The summed E-state index contributed by atoms with van der Waals surface area (Å²) in [6.45, 7) is -0.341. The quantitative estimate of drug-likeness (QED) is 0.245. The van der Waals surface area contributed by atoms with Crippen LogP contribution in [0.1, 0.15) is 21.7 Å². The van der Waals surface area contributed by atoms with Gasteiger partial charge in [0.15, 0.2) is 0 Å². The van der Waals surface area contributed by atoms with Crippen LogP contribution in [0.3, 0.4) is 0 Å². The minimum absolute atomic E-state index is 0.133. The van der Waals surface area contributed by atoms with Gasteiger partial charge in [0, 0.05) is 49.2 Å². The van der Waals surface area contributed by atoms with Gasteiger partial charge in [-0.2, -0.15) is 0 Å². The molecule has 12 heteroatoms. The highest BCUT2D eigenvalue weighted by Crippen LogP contribution is 2.06. The molecule has 0 aliphatic heterocycles. The molecule has 0 unspecified atom stereocenters. The van der Waals surface area contributed by atoms with E-state index in [0.717, 1.165) is 0 Å². The van der Waals surface area contributed by atoms with Crippen LogP contribution >= 0.6 is 0 Å². The number of rotatable bonds is 11. The van der Waals surface area contributed by atoms with E-state index in [1.165, 1.54) is 30.8 Å². The number of nitrogens with one attached hydrogen (secondary N) is 4. The van der Waals surface area contributed by atoms with Crippen LogP contribution in [0.25, 0.3) is 0 Å². The zero-order chi connectivity index (χ0) is 24.5. The number of imidazole rings is 2. The molecule has 2 aromatic heterocycles. The highest BCUT2D eigenvalue weighted by Gasteiger charge is 2.27. The van der Waals surface area contributed by atoms with Crippen molar-refractivity contribution < 1.29 is 19.2 Å². The molecule has 0 saturated carbocycles. The Labute approximate surface area is 195 Å². The van der Waals surface area contributed by atoms with E-state index in [2.05, 4.69) is 30.6 Å². The summed E-state index contributed by atoms with van der Waals surface area (Å²) in [5, 5.41) is 5.25. The smallest absolute Gasteiger partial charge is 0.251 e. The Morgan fingerprint density at radius 1 is 0.941 bits per heavy atom. The van der Waals surface area contributed by atoms with Crippen molar-refractivity contribution in [2.45, 2.75) is 24.9 Å². The number of benzene rings is 1. The summed E-state index contributed by atoms with van der Waals surface area (Å²) in [5.74, 6) is -2.21. The average molecular weight is 467 g/mol. The van der Waals surface area contributed by atoms with Gasteiger partial charge in [-0.05, 0) is 12.1 Å². The van der Waals surface area contributed by atoms with Crippen molar-refractivity contribution in [1.29, 1.82) is 0 Å². The second-order valence-electron chi connectivity index (χ2n) is 7.67. The summed E-state index contributed by atoms with van der Waals surface area (Å²) in [6.07, 6.45) is 6.27. The summed E-state index contributed by atoms with van der Waals surface area (Å²) in [7, 11) is 1.44. The van der Waals surface area contributed by atoms with Gasteiger partial charge < -0.3 is 31.2 Å². The molecule has 0 aliphatic carbocycles. The number of H-pyrrole nitrogens is 2. The number of nitrogens with zero attached hydrogens (tertiary/aromatic N) is 3. The number of carbonyl (C=O) groups excluding carboxylic acids is 4. The number of hydrogen-bond donors (Lipinski definition) is 5. The van der Waals surface area contributed by atoms with E-state index in [9.17, 15) is 19.2 Å². The van der Waals surface area contributed by atoms with Crippen LogP contribution in [-0.2, 0) is 27.2 Å². The van der Waals surface area contributed by atoms with Crippen molar-refractivity contribution in [1.82, 2.24) is 35.5 Å². The van der Waals surface area contributed by atoms with Crippen LogP contribution < -0.4 is 16.4 Å². The van der Waals surface area contributed by atoms with E-state index < -0.39 is 35.7 Å². The zero-order valence-corrected chi connectivity index (χ0v) is 18.5. The summed E-state index contributed by atoms with van der Waals surface area (Å²) in [5.41, 5.74) is 7.06. The first kappa shape index (κ1) is 24.2. The number of amides is 4. The molecule has 4 amide bonds. The normalized spacial score (nSPS) is 12.4. The van der Waals surface area contributed by atoms with Gasteiger partial charge in [-0.25, -0.2) is 9.97 Å². The maximum Gasteiger partial charge on any atom is 0.251 e. The summed E-state index contributed by atoms with van der Waals surface area (Å²) < 4.78 is 0. The third-order valence-corrected chi connectivity index (χ3v) is 5.03. The Kier molecular flexibility index (Phi) is 8.11. The second kappa shape index (κ2) is 11.4. The van der Waals surface area contributed by atoms with Crippen LogP contribution in [-0.4, -0.2) is 74.1 Å². The maximum absolute atomic E-state index is 13.1. The fourth-order valence-electron chi connectivity index (χ4n) is 3.29. The van der Waals surface area contributed by atoms with E-state index in [-0.39, 0.29) is 19.4 Å². The molecule has 2 heterocycles. The molecule has 3 aromatic rings. The summed E-state index contributed by atoms with van der Waals surface area (Å²) in [6, 6.07) is 6.55. The fraction of sp³-hybridized carbons (Fsp3) is 0.273. The van der Waals surface area contributed by atoms with Gasteiger partial charge in [-0.3, -0.25) is 19.2 Å². The molecular weight excluding hydrogens is 440 g/mol. The lowest BCUT2D eigenvalue weighted by atomic mass is 10.1. The van der Waals surface area contributed by atoms with Crippen LogP contribution in [0.2, 0.25) is 0 Å². The van der Waals surface area contributed by atoms with Gasteiger partial charge in [0.2, 0.25) is 17.7 Å². The van der Waals surface area contributed by atoms with Gasteiger partial charge in [-0.15, -0.1) is 0 Å². The molecule has 178 valence electrons. The van der Waals surface area contributed by atoms with Crippen LogP contribution in [0, 0.1) is 0 Å². The lowest BCUT2D eigenvalue weighted by Crippen LogP contribution is -2.53. The van der Waals surface area contributed by atoms with Crippen LogP contribution in [0.4, 0.5) is 0 Å². The van der Waals surface area contributed by atoms with Crippen molar-refractivity contribution in [3.05, 3.63) is 72.3 Å². The molecule has 0 radical (unpaired) electrons. The Hall–Kier alpha value is -4.48. The highest BCUT2D eigenvalue weighted by molar-refractivity contribution is 5.98. The van der Waals surface area contributed by atoms with Crippen molar-refractivity contribution >= 4 is 23.6 Å². The number of carbonyl (C=O) groups is 4. The highest BCUT2D eigenvalue weighted by atomic mass is 16.2. The first-order valence-electron chi connectivity index (χ1n) is 10.5. The van der Waals surface area contributed by atoms with Crippen molar-refractivity contribution in [2.24, 2.45) is 5.73 Å². The molecule has 0 aliphatic rings. The number of primary amides is 1. The second-order valence-corrected chi connectivity index (χ2v) is 7.67. The molecule has 0 saturated heterocycles. The molecule has 6 N–H and O–H groups in total. The Balaban J connectivity index is 1.65. The first-order chi connectivity index (χ1) is 16.3. The summed E-state index contributed by atoms with van der Waals surface area (Å²) in [4.78, 5) is 64.8. The Bertz CT molecular complexity index is 1100. The third kappa shape index (κ3) is 6.76. The van der Waals surface area contributed by atoms with E-state index in [1.807, 2.05) is 0 Å². The van der Waals surface area contributed by atoms with E-state index >= 15 is 0 Å². The van der Waals surface area contributed by atoms with Crippen LogP contribution in [0.15, 0.2) is 55.4 Å². The molecular formula is C22H26N8O4. The number of hydrogen-bond acceptors (Lipinski definition) is 6. The lowest BCUT2D eigenvalue weighted by molar-refractivity contribution is -0.136. The van der Waals surface area contributed by atoms with Gasteiger partial charge in [0.05, 0.1) is 19.2 Å². The molecule has 3 rings (SSSR count). The van der Waals surface area contributed by atoms with Crippen molar-refractivity contribution in [3.63, 3.8) is 0 Å². The number of likely N-dealkylation sites (N-methyl/N-ethyl adjacent to an activating group) is 1. The maximum atomic E-state index is 13.1. The minimum Gasteiger partial charge on any atom is -0.368 e. The van der Waals surface area contributed by atoms with E-state index in [1.54, 1.807) is 36.5 Å². The predicted octanol–water partition coefficient (Wildman–Crippen LogP) is -0.855. The first-order valence-corrected chi connectivity index (χ1v) is 10.5. The van der Waals surface area contributed by atoms with Crippen molar-refractivity contribution in [2.75, 3.05) is 13.6 Å². The SMILES string of the molecule is CN(CC(=O)N[C@@H](Cc1cnc[nH]1)C(N)=O)C(=O)[C@H](Cc1cnc[nH]1)NC(=O)c1ccccc1. The fourth-order valence-corrected chi connectivity index (χ4v) is 3.29. The third-order valence-electron chi connectivity index (χ3n) is 5.03. The number of nitrogens with two attached hydrogens (primary N) is 1. The lowest BCUT2D eigenvalue weighted by Gasteiger charge is -2.25. The molecule has 0 spiro atoms. The van der Waals surface area contributed by atoms with Crippen molar-refractivity contribution in [3.8, 4) is 0 Å². The molecule has 34 heavy (non-hydrogen) atoms. The predicted molar refractivity (Wildman–Crippen MR) is 121 cm³/mol. The zero-order valence-electron chi connectivity index (χ0n) is 18.5. The molecule has 0 fully saturated rings. The van der Waals surface area contributed by atoms with Crippen LogP contribution in [0.5, 0.6) is 0 Å². The largest absolute Gasteiger partial charge is 0.368 e. The molecule has 0 bridgehead atoms. The molecule has 12 nitrogen and oxygen atoms in total. The number of aromatic nitrogens is 4. The monoisotopic (exact) mass is 466 g/mol.